The van der Waals surface area contributed by atoms with Crippen molar-refractivity contribution < 1.29 is 18.7 Å². The molecular formula is C25H21N3O4S. The van der Waals surface area contributed by atoms with Crippen LogP contribution in [0.2, 0.25) is 0 Å². The van der Waals surface area contributed by atoms with Crippen molar-refractivity contribution in [3.8, 4) is 17.2 Å². The van der Waals surface area contributed by atoms with E-state index in [2.05, 4.69) is 15.3 Å². The summed E-state index contributed by atoms with van der Waals surface area (Å²) < 4.78 is 11.9. The molecule has 1 N–H and O–H groups in total. The summed E-state index contributed by atoms with van der Waals surface area (Å²) in [5.74, 6) is 2.04. The third kappa shape index (κ3) is 4.47. The van der Waals surface area contributed by atoms with Crippen molar-refractivity contribution in [2.75, 3.05) is 6.61 Å². The molecule has 0 bridgehead atoms. The smallest absolute Gasteiger partial charge is 0.287 e. The third-order valence-electron chi connectivity index (χ3n) is 5.53. The van der Waals surface area contributed by atoms with E-state index in [1.807, 2.05) is 61.5 Å². The number of amides is 1. The summed E-state index contributed by atoms with van der Waals surface area (Å²) in [5.41, 5.74) is 3.46. The van der Waals surface area contributed by atoms with E-state index in [1.54, 1.807) is 6.20 Å². The monoisotopic (exact) mass is 459 g/mol. The van der Waals surface area contributed by atoms with E-state index in [-0.39, 0.29) is 10.4 Å². The zero-order valence-electron chi connectivity index (χ0n) is 17.9. The summed E-state index contributed by atoms with van der Waals surface area (Å²) in [6.07, 6.45) is 2.73. The van der Waals surface area contributed by atoms with Gasteiger partial charge in [0.2, 0.25) is 11.0 Å². The Hall–Kier alpha value is -3.65. The summed E-state index contributed by atoms with van der Waals surface area (Å²) in [5, 5.41) is 3.15. The van der Waals surface area contributed by atoms with E-state index < -0.39 is 6.04 Å². The molecule has 1 atom stereocenters. The number of pyridine rings is 1. The van der Waals surface area contributed by atoms with Crippen molar-refractivity contribution in [3.05, 3.63) is 77.8 Å². The molecule has 1 aliphatic heterocycles. The molecule has 3 heterocycles. The molecule has 1 unspecified atom stereocenters. The first-order valence-electron chi connectivity index (χ1n) is 10.6. The molecule has 8 heteroatoms. The molecule has 2 aromatic carbocycles. The molecule has 0 saturated carbocycles. The van der Waals surface area contributed by atoms with Crippen LogP contribution in [0.15, 0.2) is 65.2 Å². The molecule has 33 heavy (non-hydrogen) atoms. The first-order valence-corrected chi connectivity index (χ1v) is 11.4. The minimum absolute atomic E-state index is 0.157. The van der Waals surface area contributed by atoms with E-state index in [1.165, 1.54) is 0 Å². The number of aryl methyl sites for hydroxylation is 1. The summed E-state index contributed by atoms with van der Waals surface area (Å²) >= 11 is 0.724. The van der Waals surface area contributed by atoms with Crippen LogP contribution in [0.25, 0.3) is 22.4 Å². The predicted octanol–water partition coefficient (Wildman–Crippen LogP) is 4.71. The number of hydrogen-bond donors (Lipinski definition) is 1. The standard InChI is InChI=1S/C25H21N3O4S/c1-15-19(27-23(32-15)16-6-3-2-4-7-16)11-13-31-21-10-9-17(18-8-5-12-26-22(18)21)14-20-24(29)33-25(30)28-20/h2-10,12,20H,11,13-14H2,1H3,(H,28,30). The molecule has 0 aliphatic carbocycles. The number of hydrogen-bond acceptors (Lipinski definition) is 7. The minimum Gasteiger partial charge on any atom is -0.491 e. The number of nitrogens with zero attached hydrogens (tertiary/aromatic N) is 2. The molecular weight excluding hydrogens is 438 g/mol. The minimum atomic E-state index is -0.522. The Morgan fingerprint density at radius 2 is 1.94 bits per heavy atom. The van der Waals surface area contributed by atoms with Crippen LogP contribution in [-0.4, -0.2) is 33.0 Å². The van der Waals surface area contributed by atoms with Gasteiger partial charge in [-0.1, -0.05) is 30.3 Å². The van der Waals surface area contributed by atoms with Gasteiger partial charge in [0.15, 0.2) is 0 Å². The fraction of sp³-hybridized carbons (Fsp3) is 0.200. The predicted molar refractivity (Wildman–Crippen MR) is 126 cm³/mol. The quantitative estimate of drug-likeness (QED) is 0.428. The van der Waals surface area contributed by atoms with Crippen molar-refractivity contribution in [2.45, 2.75) is 25.8 Å². The zero-order chi connectivity index (χ0) is 22.8. The summed E-state index contributed by atoms with van der Waals surface area (Å²) in [6.45, 7) is 2.32. The maximum atomic E-state index is 12.0. The van der Waals surface area contributed by atoms with Crippen molar-refractivity contribution in [2.24, 2.45) is 0 Å². The van der Waals surface area contributed by atoms with Gasteiger partial charge in [-0.3, -0.25) is 14.6 Å². The lowest BCUT2D eigenvalue weighted by atomic mass is 10.0. The second-order valence-electron chi connectivity index (χ2n) is 7.72. The maximum Gasteiger partial charge on any atom is 0.287 e. The molecule has 1 amide bonds. The first-order chi connectivity index (χ1) is 16.1. The van der Waals surface area contributed by atoms with Gasteiger partial charge in [-0.2, -0.15) is 0 Å². The molecule has 0 spiro atoms. The van der Waals surface area contributed by atoms with E-state index in [0.717, 1.165) is 45.2 Å². The summed E-state index contributed by atoms with van der Waals surface area (Å²) in [7, 11) is 0. The van der Waals surface area contributed by atoms with Gasteiger partial charge < -0.3 is 14.5 Å². The topological polar surface area (TPSA) is 94.3 Å². The highest BCUT2D eigenvalue weighted by Crippen LogP contribution is 2.29. The molecule has 1 aliphatic rings. The van der Waals surface area contributed by atoms with Crippen LogP contribution in [0.4, 0.5) is 4.79 Å². The Bertz CT molecular complexity index is 1340. The maximum absolute atomic E-state index is 12.0. The third-order valence-corrected chi connectivity index (χ3v) is 6.32. The second-order valence-corrected chi connectivity index (χ2v) is 8.70. The van der Waals surface area contributed by atoms with E-state index in [4.69, 9.17) is 9.15 Å². The number of oxazole rings is 1. The average Bonchev–Trinajstić information content (AvgIpc) is 3.36. The van der Waals surface area contributed by atoms with Gasteiger partial charge in [0.05, 0.1) is 12.3 Å². The number of fused-ring (bicyclic) bond motifs is 1. The van der Waals surface area contributed by atoms with Crippen LogP contribution >= 0.6 is 11.8 Å². The first kappa shape index (κ1) is 21.2. The summed E-state index contributed by atoms with van der Waals surface area (Å²) in [4.78, 5) is 32.6. The van der Waals surface area contributed by atoms with E-state index in [9.17, 15) is 9.59 Å². The van der Waals surface area contributed by atoms with Crippen LogP contribution in [0.5, 0.6) is 5.75 Å². The molecule has 166 valence electrons. The van der Waals surface area contributed by atoms with Crippen molar-refractivity contribution in [3.63, 3.8) is 0 Å². The normalized spacial score (nSPS) is 15.7. The summed E-state index contributed by atoms with van der Waals surface area (Å²) in [6, 6.07) is 16.9. The number of nitrogens with one attached hydrogen (secondary N) is 1. The Morgan fingerprint density at radius 3 is 2.73 bits per heavy atom. The largest absolute Gasteiger partial charge is 0.491 e. The number of benzene rings is 2. The highest BCUT2D eigenvalue weighted by Gasteiger charge is 2.31. The molecule has 0 radical (unpaired) electrons. The molecule has 1 saturated heterocycles. The molecule has 7 nitrogen and oxygen atoms in total. The molecule has 2 aromatic heterocycles. The van der Waals surface area contributed by atoms with Crippen molar-refractivity contribution in [1.29, 1.82) is 0 Å². The Labute approximate surface area is 194 Å². The van der Waals surface area contributed by atoms with Gasteiger partial charge in [0.1, 0.15) is 23.1 Å². The second kappa shape index (κ2) is 9.07. The van der Waals surface area contributed by atoms with Gasteiger partial charge in [0.25, 0.3) is 5.24 Å². The van der Waals surface area contributed by atoms with Crippen LogP contribution < -0.4 is 10.1 Å². The van der Waals surface area contributed by atoms with Gasteiger partial charge in [0, 0.05) is 41.8 Å². The Morgan fingerprint density at radius 1 is 1.09 bits per heavy atom. The average molecular weight is 460 g/mol. The van der Waals surface area contributed by atoms with Gasteiger partial charge in [-0.05, 0) is 36.8 Å². The number of rotatable bonds is 7. The van der Waals surface area contributed by atoms with Gasteiger partial charge in [-0.15, -0.1) is 0 Å². The zero-order valence-corrected chi connectivity index (χ0v) is 18.7. The number of aromatic nitrogens is 2. The molecule has 5 rings (SSSR count). The van der Waals surface area contributed by atoms with Gasteiger partial charge >= 0.3 is 0 Å². The highest BCUT2D eigenvalue weighted by molar-refractivity contribution is 8.26. The molecule has 4 aromatic rings. The Kier molecular flexibility index (Phi) is 5.83. The van der Waals surface area contributed by atoms with E-state index in [0.29, 0.717) is 31.1 Å². The fourth-order valence-corrected chi connectivity index (χ4v) is 4.54. The van der Waals surface area contributed by atoms with Crippen LogP contribution in [0, 0.1) is 6.92 Å². The lowest BCUT2D eigenvalue weighted by Gasteiger charge is -2.13. The van der Waals surface area contributed by atoms with Crippen molar-refractivity contribution >= 4 is 33.0 Å². The number of carbonyl (C=O) groups excluding carboxylic acids is 2. The van der Waals surface area contributed by atoms with Crippen molar-refractivity contribution in [1.82, 2.24) is 15.3 Å². The number of ether oxygens (including phenoxy) is 1. The SMILES string of the molecule is Cc1oc(-c2ccccc2)nc1CCOc1ccc(CC2NC(=O)SC2=O)c2cccnc12. The van der Waals surface area contributed by atoms with Crippen LogP contribution in [0.3, 0.4) is 0 Å². The Balaban J connectivity index is 1.31. The fourth-order valence-electron chi connectivity index (χ4n) is 3.87. The van der Waals surface area contributed by atoms with Crippen LogP contribution in [0.1, 0.15) is 17.0 Å². The number of carbonyl (C=O) groups is 2. The lowest BCUT2D eigenvalue weighted by molar-refractivity contribution is -0.112. The number of thioether (sulfide) groups is 1. The van der Waals surface area contributed by atoms with Gasteiger partial charge in [-0.25, -0.2) is 4.98 Å². The highest BCUT2D eigenvalue weighted by atomic mass is 32.2. The molecule has 1 fully saturated rings. The lowest BCUT2D eigenvalue weighted by Crippen LogP contribution is -2.30. The van der Waals surface area contributed by atoms with Crippen LogP contribution in [-0.2, 0) is 17.6 Å². The van der Waals surface area contributed by atoms with E-state index >= 15 is 0 Å².